The first-order valence-corrected chi connectivity index (χ1v) is 6.19. The van der Waals surface area contributed by atoms with Crippen LogP contribution in [0.3, 0.4) is 0 Å². The third-order valence-electron chi connectivity index (χ3n) is 3.48. The Labute approximate surface area is 98.8 Å². The first kappa shape index (κ1) is 13.9. The number of hydrogen-bond acceptors (Lipinski definition) is 4. The Morgan fingerprint density at radius 2 is 2.12 bits per heavy atom. The minimum absolute atomic E-state index is 0.355. The van der Waals surface area contributed by atoms with E-state index >= 15 is 0 Å². The second-order valence-electron chi connectivity index (χ2n) is 5.14. The molecule has 0 amide bonds. The zero-order chi connectivity index (χ0) is 12.2. The Balaban J connectivity index is 2.51. The molecule has 1 fully saturated rings. The maximum atomic E-state index is 10.5. The predicted molar refractivity (Wildman–Crippen MR) is 65.3 cm³/mol. The van der Waals surface area contributed by atoms with Crippen molar-refractivity contribution in [2.24, 2.45) is 11.7 Å². The maximum absolute atomic E-state index is 10.5. The molecule has 1 aliphatic rings. The number of aliphatic hydroxyl groups is 1. The SMILES string of the molecule is COCCN(CC(O)(CN)C1CC1)C(C)C. The summed E-state index contributed by atoms with van der Waals surface area (Å²) in [5.41, 5.74) is 5.02. The van der Waals surface area contributed by atoms with E-state index in [1.54, 1.807) is 7.11 Å². The molecule has 3 N–H and O–H groups in total. The van der Waals surface area contributed by atoms with Crippen molar-refractivity contribution in [2.45, 2.75) is 38.3 Å². The van der Waals surface area contributed by atoms with Crippen LogP contribution in [0.5, 0.6) is 0 Å². The summed E-state index contributed by atoms with van der Waals surface area (Å²) in [5, 5.41) is 10.5. The van der Waals surface area contributed by atoms with E-state index in [1.165, 1.54) is 0 Å². The van der Waals surface area contributed by atoms with Crippen LogP contribution in [0.2, 0.25) is 0 Å². The molecular weight excluding hydrogens is 204 g/mol. The van der Waals surface area contributed by atoms with Crippen molar-refractivity contribution in [3.8, 4) is 0 Å². The maximum Gasteiger partial charge on any atom is 0.0923 e. The molecule has 0 heterocycles. The van der Waals surface area contributed by atoms with Gasteiger partial charge < -0.3 is 15.6 Å². The lowest BCUT2D eigenvalue weighted by molar-refractivity contribution is -0.0213. The Kier molecular flexibility index (Phi) is 5.18. The third kappa shape index (κ3) is 3.70. The molecular formula is C12H26N2O2. The van der Waals surface area contributed by atoms with E-state index in [-0.39, 0.29) is 0 Å². The van der Waals surface area contributed by atoms with Crippen LogP contribution in [-0.2, 0) is 4.74 Å². The van der Waals surface area contributed by atoms with Gasteiger partial charge >= 0.3 is 0 Å². The topological polar surface area (TPSA) is 58.7 Å². The Hall–Kier alpha value is -0.160. The highest BCUT2D eigenvalue weighted by molar-refractivity contribution is 4.97. The summed E-state index contributed by atoms with van der Waals surface area (Å²) in [7, 11) is 1.70. The molecule has 0 aromatic rings. The van der Waals surface area contributed by atoms with Crippen LogP contribution >= 0.6 is 0 Å². The number of nitrogens with two attached hydrogens (primary N) is 1. The highest BCUT2D eigenvalue weighted by atomic mass is 16.5. The zero-order valence-corrected chi connectivity index (χ0v) is 10.8. The molecule has 1 saturated carbocycles. The van der Waals surface area contributed by atoms with Gasteiger partial charge in [0.25, 0.3) is 0 Å². The fraction of sp³-hybridized carbons (Fsp3) is 1.00. The van der Waals surface area contributed by atoms with Crippen LogP contribution < -0.4 is 5.73 Å². The molecule has 1 unspecified atom stereocenters. The van der Waals surface area contributed by atoms with Crippen molar-refractivity contribution < 1.29 is 9.84 Å². The molecule has 4 nitrogen and oxygen atoms in total. The summed E-state index contributed by atoms with van der Waals surface area (Å²) >= 11 is 0. The average molecular weight is 230 g/mol. The van der Waals surface area contributed by atoms with Gasteiger partial charge in [0.05, 0.1) is 12.2 Å². The highest BCUT2D eigenvalue weighted by Crippen LogP contribution is 2.39. The summed E-state index contributed by atoms with van der Waals surface area (Å²) in [5.74, 6) is 0.404. The summed E-state index contributed by atoms with van der Waals surface area (Å²) in [6, 6.07) is 0.409. The van der Waals surface area contributed by atoms with Gasteiger partial charge in [0.15, 0.2) is 0 Å². The van der Waals surface area contributed by atoms with Crippen LogP contribution in [0.25, 0.3) is 0 Å². The average Bonchev–Trinajstić information content (AvgIpc) is 3.07. The first-order chi connectivity index (χ1) is 7.53. The first-order valence-electron chi connectivity index (χ1n) is 6.19. The number of methoxy groups -OCH3 is 1. The smallest absolute Gasteiger partial charge is 0.0923 e. The lowest BCUT2D eigenvalue weighted by Gasteiger charge is -2.36. The fourth-order valence-electron chi connectivity index (χ4n) is 2.06. The molecule has 1 atom stereocenters. The van der Waals surface area contributed by atoms with Crippen molar-refractivity contribution in [2.75, 3.05) is 33.4 Å². The van der Waals surface area contributed by atoms with E-state index in [0.717, 1.165) is 19.4 Å². The minimum Gasteiger partial charge on any atom is -0.387 e. The predicted octanol–water partition coefficient (Wildman–Crippen LogP) is 0.443. The van der Waals surface area contributed by atoms with Gasteiger partial charge in [0, 0.05) is 32.8 Å². The van der Waals surface area contributed by atoms with Crippen molar-refractivity contribution in [3.63, 3.8) is 0 Å². The molecule has 0 aromatic heterocycles. The van der Waals surface area contributed by atoms with Crippen LogP contribution in [-0.4, -0.2) is 55.0 Å². The summed E-state index contributed by atoms with van der Waals surface area (Å²) in [4.78, 5) is 2.24. The van der Waals surface area contributed by atoms with E-state index in [1.807, 2.05) is 0 Å². The molecule has 1 rings (SSSR count). The van der Waals surface area contributed by atoms with Crippen molar-refractivity contribution in [1.82, 2.24) is 4.90 Å². The molecule has 0 saturated heterocycles. The van der Waals surface area contributed by atoms with Gasteiger partial charge in [-0.15, -0.1) is 0 Å². The number of ether oxygens (including phenoxy) is 1. The Morgan fingerprint density at radius 1 is 1.50 bits per heavy atom. The Bertz CT molecular complexity index is 207. The molecule has 0 aromatic carbocycles. The fourth-order valence-corrected chi connectivity index (χ4v) is 2.06. The third-order valence-corrected chi connectivity index (χ3v) is 3.48. The lowest BCUT2D eigenvalue weighted by Crippen LogP contribution is -2.52. The van der Waals surface area contributed by atoms with E-state index in [2.05, 4.69) is 18.7 Å². The van der Waals surface area contributed by atoms with Gasteiger partial charge in [0.1, 0.15) is 0 Å². The summed E-state index contributed by atoms with van der Waals surface area (Å²) in [6.07, 6.45) is 2.23. The van der Waals surface area contributed by atoms with Crippen LogP contribution in [0.1, 0.15) is 26.7 Å². The van der Waals surface area contributed by atoms with Crippen molar-refractivity contribution in [3.05, 3.63) is 0 Å². The second-order valence-corrected chi connectivity index (χ2v) is 5.14. The number of rotatable bonds is 8. The van der Waals surface area contributed by atoms with Gasteiger partial charge in [0.2, 0.25) is 0 Å². The van der Waals surface area contributed by atoms with Gasteiger partial charge in [-0.1, -0.05) is 0 Å². The molecule has 4 heteroatoms. The van der Waals surface area contributed by atoms with Crippen LogP contribution in [0, 0.1) is 5.92 Å². The molecule has 0 bridgehead atoms. The summed E-state index contributed by atoms with van der Waals surface area (Å²) in [6.45, 7) is 6.84. The van der Waals surface area contributed by atoms with Gasteiger partial charge in [-0.05, 0) is 32.6 Å². The molecule has 0 aliphatic heterocycles. The largest absolute Gasteiger partial charge is 0.387 e. The molecule has 1 aliphatic carbocycles. The number of hydrogen-bond donors (Lipinski definition) is 2. The van der Waals surface area contributed by atoms with Gasteiger partial charge in [-0.3, -0.25) is 4.90 Å². The molecule has 16 heavy (non-hydrogen) atoms. The van der Waals surface area contributed by atoms with E-state index in [0.29, 0.717) is 31.7 Å². The molecule has 0 spiro atoms. The lowest BCUT2D eigenvalue weighted by atomic mass is 9.96. The minimum atomic E-state index is -0.696. The second kappa shape index (κ2) is 5.96. The van der Waals surface area contributed by atoms with E-state index in [9.17, 15) is 5.11 Å². The van der Waals surface area contributed by atoms with Crippen molar-refractivity contribution >= 4 is 0 Å². The van der Waals surface area contributed by atoms with Crippen LogP contribution in [0.4, 0.5) is 0 Å². The van der Waals surface area contributed by atoms with Gasteiger partial charge in [-0.2, -0.15) is 0 Å². The zero-order valence-electron chi connectivity index (χ0n) is 10.8. The quantitative estimate of drug-likeness (QED) is 0.635. The monoisotopic (exact) mass is 230 g/mol. The van der Waals surface area contributed by atoms with Crippen molar-refractivity contribution in [1.29, 1.82) is 0 Å². The highest BCUT2D eigenvalue weighted by Gasteiger charge is 2.43. The Morgan fingerprint density at radius 3 is 2.50 bits per heavy atom. The summed E-state index contributed by atoms with van der Waals surface area (Å²) < 4.78 is 5.09. The standard InChI is InChI=1S/C12H26N2O2/c1-10(2)14(6-7-16-3)9-12(15,8-13)11-4-5-11/h10-11,15H,4-9,13H2,1-3H3. The normalized spacial score (nSPS) is 20.4. The van der Waals surface area contributed by atoms with Crippen LogP contribution in [0.15, 0.2) is 0 Å². The van der Waals surface area contributed by atoms with E-state index in [4.69, 9.17) is 10.5 Å². The van der Waals surface area contributed by atoms with Gasteiger partial charge in [-0.25, -0.2) is 0 Å². The molecule has 96 valence electrons. The van der Waals surface area contributed by atoms with E-state index < -0.39 is 5.60 Å². The number of nitrogens with zero attached hydrogens (tertiary/aromatic N) is 1. The molecule has 0 radical (unpaired) electrons.